The van der Waals surface area contributed by atoms with Gasteiger partial charge >= 0.3 is 11.9 Å². The number of aliphatic carboxylic acids is 2. The molecule has 0 fully saturated rings. The lowest BCUT2D eigenvalue weighted by Gasteiger charge is -2.12. The van der Waals surface area contributed by atoms with Crippen molar-refractivity contribution in [1.29, 1.82) is 0 Å². The summed E-state index contributed by atoms with van der Waals surface area (Å²) in [6.45, 7) is 0. The van der Waals surface area contributed by atoms with Gasteiger partial charge in [-0.2, -0.15) is 0 Å². The minimum absolute atomic E-state index is 0.236. The summed E-state index contributed by atoms with van der Waals surface area (Å²) in [6, 6.07) is 3.20. The van der Waals surface area contributed by atoms with Crippen molar-refractivity contribution in [1.82, 2.24) is 4.98 Å². The smallest absolute Gasteiger partial charge is 0.303 e. The average molecular weight is 239 g/mol. The van der Waals surface area contributed by atoms with E-state index in [1.54, 1.807) is 12.1 Å². The maximum Gasteiger partial charge on any atom is 0.303 e. The summed E-state index contributed by atoms with van der Waals surface area (Å²) in [5.41, 5.74) is 0.579. The van der Waals surface area contributed by atoms with E-state index in [0.717, 1.165) is 0 Å². The molecule has 0 aliphatic heterocycles. The van der Waals surface area contributed by atoms with Crippen LogP contribution >= 0.6 is 0 Å². The number of nitrogens with zero attached hydrogens (tertiary/aromatic N) is 1. The van der Waals surface area contributed by atoms with Crippen LogP contribution in [0, 0.1) is 0 Å². The molecular weight excluding hydrogens is 226 g/mol. The molecule has 1 aromatic rings. The zero-order valence-corrected chi connectivity index (χ0v) is 9.29. The van der Waals surface area contributed by atoms with Crippen molar-refractivity contribution in [3.05, 3.63) is 23.9 Å². The predicted octanol–water partition coefficient (Wildman–Crippen LogP) is 1.12. The highest BCUT2D eigenvalue weighted by Gasteiger charge is 2.19. The topological polar surface area (TPSA) is 96.7 Å². The number of hydrogen-bond acceptors (Lipinski definition) is 4. The van der Waals surface area contributed by atoms with Crippen molar-refractivity contribution in [2.75, 3.05) is 7.11 Å². The number of carboxylic acids is 2. The van der Waals surface area contributed by atoms with Gasteiger partial charge in [0.2, 0.25) is 5.88 Å². The molecule has 0 atom stereocenters. The number of rotatable bonds is 6. The molecule has 0 saturated heterocycles. The monoisotopic (exact) mass is 239 g/mol. The van der Waals surface area contributed by atoms with E-state index >= 15 is 0 Å². The lowest BCUT2D eigenvalue weighted by molar-refractivity contribution is -0.139. The molecule has 2 N–H and O–H groups in total. The Balaban J connectivity index is 2.86. The van der Waals surface area contributed by atoms with Crippen LogP contribution in [0.4, 0.5) is 0 Å². The molecule has 92 valence electrons. The second kappa shape index (κ2) is 5.83. The summed E-state index contributed by atoms with van der Waals surface area (Å²) in [4.78, 5) is 25.2. The molecule has 0 amide bonds. The van der Waals surface area contributed by atoms with Crippen molar-refractivity contribution in [3.63, 3.8) is 0 Å². The molecule has 1 heterocycles. The molecule has 1 rings (SSSR count). The van der Waals surface area contributed by atoms with Crippen molar-refractivity contribution in [2.45, 2.75) is 18.8 Å². The second-order valence-corrected chi connectivity index (χ2v) is 3.53. The van der Waals surface area contributed by atoms with E-state index in [1.807, 2.05) is 0 Å². The van der Waals surface area contributed by atoms with Gasteiger partial charge < -0.3 is 14.9 Å². The predicted molar refractivity (Wildman–Crippen MR) is 58.0 cm³/mol. The van der Waals surface area contributed by atoms with Crippen LogP contribution in [0.5, 0.6) is 5.88 Å². The van der Waals surface area contributed by atoms with E-state index in [9.17, 15) is 9.59 Å². The first-order valence-electron chi connectivity index (χ1n) is 4.96. The molecule has 0 spiro atoms. The number of aromatic nitrogens is 1. The van der Waals surface area contributed by atoms with Crippen molar-refractivity contribution in [2.24, 2.45) is 0 Å². The Bertz CT molecular complexity index is 385. The van der Waals surface area contributed by atoms with Gasteiger partial charge in [-0.05, 0) is 5.56 Å². The van der Waals surface area contributed by atoms with Crippen molar-refractivity contribution >= 4 is 11.9 Å². The fraction of sp³-hybridized carbons (Fsp3) is 0.364. The largest absolute Gasteiger partial charge is 0.481 e. The molecule has 0 saturated carbocycles. The van der Waals surface area contributed by atoms with Crippen LogP contribution in [-0.2, 0) is 9.59 Å². The molecule has 6 heteroatoms. The first-order chi connectivity index (χ1) is 8.02. The fourth-order valence-corrected chi connectivity index (χ4v) is 1.48. The van der Waals surface area contributed by atoms with Crippen molar-refractivity contribution in [3.8, 4) is 5.88 Å². The zero-order chi connectivity index (χ0) is 12.8. The van der Waals surface area contributed by atoms with Crippen LogP contribution < -0.4 is 4.74 Å². The van der Waals surface area contributed by atoms with Gasteiger partial charge in [-0.25, -0.2) is 4.98 Å². The van der Waals surface area contributed by atoms with Gasteiger partial charge in [-0.1, -0.05) is 6.07 Å². The molecule has 0 aliphatic carbocycles. The van der Waals surface area contributed by atoms with Gasteiger partial charge in [0.1, 0.15) is 0 Å². The summed E-state index contributed by atoms with van der Waals surface area (Å²) in [7, 11) is 1.47. The van der Waals surface area contributed by atoms with Gasteiger partial charge in [0, 0.05) is 18.2 Å². The Labute approximate surface area is 97.9 Å². The van der Waals surface area contributed by atoms with Crippen LogP contribution in [0.2, 0.25) is 0 Å². The van der Waals surface area contributed by atoms with E-state index in [2.05, 4.69) is 4.98 Å². The molecule has 0 aliphatic rings. The van der Waals surface area contributed by atoms with E-state index in [4.69, 9.17) is 14.9 Å². The lowest BCUT2D eigenvalue weighted by atomic mass is 9.94. The SMILES string of the molecule is COc1ccc(C(CC(=O)O)CC(=O)O)cn1. The molecular formula is C11H13NO5. The number of methoxy groups -OCH3 is 1. The molecule has 0 bridgehead atoms. The average Bonchev–Trinajstić information content (AvgIpc) is 2.27. The number of carboxylic acid groups (broad SMARTS) is 2. The Morgan fingerprint density at radius 3 is 2.24 bits per heavy atom. The summed E-state index contributed by atoms with van der Waals surface area (Å²) in [5.74, 6) is -2.25. The zero-order valence-electron chi connectivity index (χ0n) is 9.29. The van der Waals surface area contributed by atoms with Gasteiger partial charge in [0.25, 0.3) is 0 Å². The minimum atomic E-state index is -1.04. The standard InChI is InChI=1S/C11H13NO5/c1-17-9-3-2-7(6-12-9)8(4-10(13)14)5-11(15)16/h2-3,6,8H,4-5H2,1H3,(H,13,14)(H,15,16). The molecule has 1 aromatic heterocycles. The minimum Gasteiger partial charge on any atom is -0.481 e. The maximum absolute atomic E-state index is 10.6. The third-order valence-corrected chi connectivity index (χ3v) is 2.28. The van der Waals surface area contributed by atoms with Gasteiger partial charge in [0.15, 0.2) is 0 Å². The van der Waals surface area contributed by atoms with Crippen LogP contribution in [0.15, 0.2) is 18.3 Å². The summed E-state index contributed by atoms with van der Waals surface area (Å²) >= 11 is 0. The third kappa shape index (κ3) is 4.10. The van der Waals surface area contributed by atoms with Crippen molar-refractivity contribution < 1.29 is 24.5 Å². The van der Waals surface area contributed by atoms with Gasteiger partial charge in [-0.3, -0.25) is 9.59 Å². The Morgan fingerprint density at radius 2 is 1.88 bits per heavy atom. The lowest BCUT2D eigenvalue weighted by Crippen LogP contribution is -2.11. The quantitative estimate of drug-likeness (QED) is 0.772. The molecule has 0 radical (unpaired) electrons. The van der Waals surface area contributed by atoms with Gasteiger partial charge in [0.05, 0.1) is 20.0 Å². The van der Waals surface area contributed by atoms with E-state index in [0.29, 0.717) is 11.4 Å². The Kier molecular flexibility index (Phi) is 4.45. The fourth-order valence-electron chi connectivity index (χ4n) is 1.48. The van der Waals surface area contributed by atoms with Crippen LogP contribution in [0.3, 0.4) is 0 Å². The molecule has 17 heavy (non-hydrogen) atoms. The van der Waals surface area contributed by atoms with Gasteiger partial charge in [-0.15, -0.1) is 0 Å². The van der Waals surface area contributed by atoms with E-state index in [1.165, 1.54) is 13.3 Å². The second-order valence-electron chi connectivity index (χ2n) is 3.53. The number of pyridine rings is 1. The first-order valence-corrected chi connectivity index (χ1v) is 4.96. The van der Waals surface area contributed by atoms with Crippen LogP contribution in [-0.4, -0.2) is 34.2 Å². The Hall–Kier alpha value is -2.11. The summed E-state index contributed by atoms with van der Waals surface area (Å²) < 4.78 is 4.87. The number of hydrogen-bond donors (Lipinski definition) is 2. The third-order valence-electron chi connectivity index (χ3n) is 2.28. The van der Waals surface area contributed by atoms with Crippen LogP contribution in [0.1, 0.15) is 24.3 Å². The molecule has 0 unspecified atom stereocenters. The highest BCUT2D eigenvalue weighted by Crippen LogP contribution is 2.24. The number of carbonyl (C=O) groups is 2. The highest BCUT2D eigenvalue weighted by atomic mass is 16.5. The first kappa shape index (κ1) is 13.0. The molecule has 6 nitrogen and oxygen atoms in total. The van der Waals surface area contributed by atoms with E-state index < -0.39 is 17.9 Å². The summed E-state index contributed by atoms with van der Waals surface area (Å²) in [6.07, 6.45) is 0.968. The number of ether oxygens (including phenoxy) is 1. The Morgan fingerprint density at radius 1 is 1.29 bits per heavy atom. The normalized spacial score (nSPS) is 10.2. The van der Waals surface area contributed by atoms with E-state index in [-0.39, 0.29) is 12.8 Å². The van der Waals surface area contributed by atoms with Crippen LogP contribution in [0.25, 0.3) is 0 Å². The maximum atomic E-state index is 10.6. The highest BCUT2D eigenvalue weighted by molar-refractivity contribution is 5.72. The molecule has 0 aromatic carbocycles. The summed E-state index contributed by atoms with van der Waals surface area (Å²) in [5, 5.41) is 17.4.